The lowest BCUT2D eigenvalue weighted by Crippen LogP contribution is -2.47. The zero-order valence-electron chi connectivity index (χ0n) is 11.6. The van der Waals surface area contributed by atoms with E-state index < -0.39 is 10.0 Å². The molecule has 1 aliphatic carbocycles. The van der Waals surface area contributed by atoms with Crippen LogP contribution in [0.2, 0.25) is 0 Å². The lowest BCUT2D eigenvalue weighted by atomic mass is 9.78. The predicted octanol–water partition coefficient (Wildman–Crippen LogP) is 1.58. The minimum atomic E-state index is -3.10. The zero-order chi connectivity index (χ0) is 13.2. The van der Waals surface area contributed by atoms with E-state index in [1.807, 2.05) is 0 Å². The lowest BCUT2D eigenvalue weighted by molar-refractivity contribution is 0.159. The molecule has 106 valence electrons. The van der Waals surface area contributed by atoms with Crippen LogP contribution in [0.3, 0.4) is 0 Å². The van der Waals surface area contributed by atoms with Crippen molar-refractivity contribution in [2.75, 3.05) is 26.7 Å². The van der Waals surface area contributed by atoms with E-state index in [1.165, 1.54) is 25.7 Å². The molecule has 0 aromatic carbocycles. The largest absolute Gasteiger partial charge is 0.318 e. The summed E-state index contributed by atoms with van der Waals surface area (Å²) in [6, 6.07) is 0. The topological polar surface area (TPSA) is 49.4 Å². The van der Waals surface area contributed by atoms with Gasteiger partial charge in [0.05, 0.1) is 5.25 Å². The van der Waals surface area contributed by atoms with Crippen molar-refractivity contribution in [1.82, 2.24) is 9.62 Å². The second-order valence-electron chi connectivity index (χ2n) is 6.02. The number of hydrogen-bond acceptors (Lipinski definition) is 3. The van der Waals surface area contributed by atoms with Gasteiger partial charge >= 0.3 is 0 Å². The summed E-state index contributed by atoms with van der Waals surface area (Å²) >= 11 is 0. The van der Waals surface area contributed by atoms with Crippen LogP contribution in [-0.4, -0.2) is 44.7 Å². The second kappa shape index (κ2) is 5.47. The molecule has 18 heavy (non-hydrogen) atoms. The average Bonchev–Trinajstić information content (AvgIpc) is 2.78. The van der Waals surface area contributed by atoms with Crippen molar-refractivity contribution in [3.05, 3.63) is 0 Å². The van der Waals surface area contributed by atoms with Gasteiger partial charge in [0, 0.05) is 19.6 Å². The van der Waals surface area contributed by atoms with Crippen LogP contribution >= 0.6 is 0 Å². The summed E-state index contributed by atoms with van der Waals surface area (Å²) in [6.07, 6.45) is 7.43. The van der Waals surface area contributed by atoms with Gasteiger partial charge in [0.2, 0.25) is 10.0 Å². The van der Waals surface area contributed by atoms with E-state index >= 15 is 0 Å². The summed E-state index contributed by atoms with van der Waals surface area (Å²) in [7, 11) is -1.30. The first-order valence-corrected chi connectivity index (χ1v) is 8.64. The van der Waals surface area contributed by atoms with Gasteiger partial charge in [-0.15, -0.1) is 0 Å². The fourth-order valence-corrected chi connectivity index (χ4v) is 5.07. The molecule has 5 heteroatoms. The fraction of sp³-hybridized carbons (Fsp3) is 1.00. The quantitative estimate of drug-likeness (QED) is 0.847. The molecule has 0 aromatic rings. The molecule has 0 amide bonds. The van der Waals surface area contributed by atoms with Gasteiger partial charge in [0.25, 0.3) is 0 Å². The maximum Gasteiger partial charge on any atom is 0.217 e. The molecule has 0 aromatic heterocycles. The van der Waals surface area contributed by atoms with Crippen molar-refractivity contribution in [2.24, 2.45) is 5.41 Å². The van der Waals surface area contributed by atoms with Crippen LogP contribution < -0.4 is 5.32 Å². The maximum atomic E-state index is 12.4. The summed E-state index contributed by atoms with van der Waals surface area (Å²) in [6.45, 7) is 3.79. The Bertz CT molecular complexity index is 364. The number of hydrogen-bond donors (Lipinski definition) is 1. The van der Waals surface area contributed by atoms with Crippen LogP contribution in [-0.2, 0) is 10.0 Å². The number of sulfonamides is 1. The molecule has 0 bridgehead atoms. The molecule has 1 saturated carbocycles. The fourth-order valence-electron chi connectivity index (χ4n) is 3.49. The minimum absolute atomic E-state index is 0.319. The zero-order valence-corrected chi connectivity index (χ0v) is 12.4. The molecule has 1 atom stereocenters. The van der Waals surface area contributed by atoms with Crippen molar-refractivity contribution < 1.29 is 8.42 Å². The third kappa shape index (κ3) is 2.73. The Morgan fingerprint density at radius 2 is 1.72 bits per heavy atom. The molecule has 2 fully saturated rings. The molecule has 2 rings (SSSR count). The molecular weight excluding hydrogens is 248 g/mol. The Labute approximate surface area is 111 Å². The molecule has 1 unspecified atom stereocenters. The second-order valence-corrected chi connectivity index (χ2v) is 8.37. The van der Waals surface area contributed by atoms with Crippen molar-refractivity contribution >= 4 is 10.0 Å². The Morgan fingerprint density at radius 1 is 1.17 bits per heavy atom. The van der Waals surface area contributed by atoms with E-state index in [2.05, 4.69) is 5.32 Å². The van der Waals surface area contributed by atoms with Crippen LogP contribution in [0.1, 0.15) is 45.4 Å². The number of rotatable bonds is 4. The van der Waals surface area contributed by atoms with Crippen molar-refractivity contribution in [2.45, 2.75) is 50.7 Å². The highest BCUT2D eigenvalue weighted by molar-refractivity contribution is 7.89. The van der Waals surface area contributed by atoms with Crippen molar-refractivity contribution in [1.29, 1.82) is 0 Å². The molecule has 2 aliphatic rings. The van der Waals surface area contributed by atoms with Gasteiger partial charge < -0.3 is 5.32 Å². The Balaban J connectivity index is 1.96. The van der Waals surface area contributed by atoms with Gasteiger partial charge in [0.1, 0.15) is 0 Å². The summed E-state index contributed by atoms with van der Waals surface area (Å²) < 4.78 is 26.5. The van der Waals surface area contributed by atoms with Gasteiger partial charge in [-0.05, 0) is 45.1 Å². The van der Waals surface area contributed by atoms with Gasteiger partial charge in [-0.2, -0.15) is 0 Å². The van der Waals surface area contributed by atoms with Gasteiger partial charge in [-0.1, -0.05) is 12.8 Å². The van der Waals surface area contributed by atoms with E-state index in [9.17, 15) is 8.42 Å². The minimum Gasteiger partial charge on any atom is -0.318 e. The van der Waals surface area contributed by atoms with Crippen molar-refractivity contribution in [3.8, 4) is 0 Å². The normalized spacial score (nSPS) is 26.6. The number of piperidine rings is 1. The molecule has 4 nitrogen and oxygen atoms in total. The molecule has 0 radical (unpaired) electrons. The Kier molecular flexibility index (Phi) is 4.34. The van der Waals surface area contributed by atoms with Crippen LogP contribution in [0.25, 0.3) is 0 Å². The van der Waals surface area contributed by atoms with E-state index in [0.29, 0.717) is 12.0 Å². The first kappa shape index (κ1) is 14.3. The monoisotopic (exact) mass is 274 g/mol. The highest BCUT2D eigenvalue weighted by Gasteiger charge is 2.40. The molecule has 1 N–H and O–H groups in total. The molecule has 1 saturated heterocycles. The van der Waals surface area contributed by atoms with E-state index in [0.717, 1.165) is 25.9 Å². The molecular formula is C13H26N2O2S. The number of nitrogens with one attached hydrogen (secondary N) is 1. The Hall–Kier alpha value is -0.130. The molecule has 1 aliphatic heterocycles. The Morgan fingerprint density at radius 3 is 2.22 bits per heavy atom. The van der Waals surface area contributed by atoms with Crippen LogP contribution in [0, 0.1) is 5.41 Å². The van der Waals surface area contributed by atoms with Gasteiger partial charge in [-0.25, -0.2) is 12.7 Å². The first-order chi connectivity index (χ1) is 8.50. The first-order valence-electron chi connectivity index (χ1n) is 7.14. The smallest absolute Gasteiger partial charge is 0.217 e. The SMILES string of the molecule is CNCC(C)S(=O)(=O)N1CCC2(CCCC2)CC1. The average molecular weight is 274 g/mol. The van der Waals surface area contributed by atoms with Crippen LogP contribution in [0.4, 0.5) is 0 Å². The van der Waals surface area contributed by atoms with Gasteiger partial charge in [-0.3, -0.25) is 0 Å². The number of nitrogens with zero attached hydrogens (tertiary/aromatic N) is 1. The summed E-state index contributed by atoms with van der Waals surface area (Å²) in [5.74, 6) is 0. The summed E-state index contributed by atoms with van der Waals surface area (Å²) in [4.78, 5) is 0. The third-order valence-electron chi connectivity index (χ3n) is 4.81. The van der Waals surface area contributed by atoms with Crippen molar-refractivity contribution in [3.63, 3.8) is 0 Å². The van der Waals surface area contributed by atoms with Gasteiger partial charge in [0.15, 0.2) is 0 Å². The predicted molar refractivity (Wildman–Crippen MR) is 74.0 cm³/mol. The van der Waals surface area contributed by atoms with E-state index in [-0.39, 0.29) is 5.25 Å². The highest BCUT2D eigenvalue weighted by Crippen LogP contribution is 2.46. The highest BCUT2D eigenvalue weighted by atomic mass is 32.2. The molecule has 1 heterocycles. The molecule has 1 spiro atoms. The summed E-state index contributed by atoms with van der Waals surface area (Å²) in [5.41, 5.74) is 0.484. The van der Waals surface area contributed by atoms with Crippen LogP contribution in [0.5, 0.6) is 0 Å². The lowest BCUT2D eigenvalue weighted by Gasteiger charge is -2.39. The van der Waals surface area contributed by atoms with E-state index in [4.69, 9.17) is 0 Å². The summed E-state index contributed by atoms with van der Waals surface area (Å²) in [5, 5.41) is 2.64. The van der Waals surface area contributed by atoms with E-state index in [1.54, 1.807) is 18.3 Å². The maximum absolute atomic E-state index is 12.4. The van der Waals surface area contributed by atoms with Crippen LogP contribution in [0.15, 0.2) is 0 Å². The standard InChI is InChI=1S/C13H26N2O2S/c1-12(11-14-2)18(16,17)15-9-7-13(8-10-15)5-3-4-6-13/h12,14H,3-11H2,1-2H3. The third-order valence-corrected chi connectivity index (χ3v) is 7.08.